The van der Waals surface area contributed by atoms with Gasteiger partial charge in [-0.2, -0.15) is 0 Å². The van der Waals surface area contributed by atoms with E-state index in [9.17, 15) is 4.79 Å². The number of urea groups is 1. The minimum Gasteiger partial charge on any atom is -0.497 e. The van der Waals surface area contributed by atoms with Crippen molar-refractivity contribution in [3.05, 3.63) is 83.9 Å². The van der Waals surface area contributed by atoms with E-state index in [2.05, 4.69) is 60.0 Å². The molecule has 0 atom stereocenters. The molecule has 0 unspecified atom stereocenters. The van der Waals surface area contributed by atoms with Crippen LogP contribution in [0.5, 0.6) is 5.75 Å². The van der Waals surface area contributed by atoms with E-state index in [0.717, 1.165) is 23.2 Å². The van der Waals surface area contributed by atoms with E-state index >= 15 is 0 Å². The fourth-order valence-corrected chi connectivity index (χ4v) is 3.16. The maximum absolute atomic E-state index is 12.3. The third-order valence-electron chi connectivity index (χ3n) is 4.55. The minimum atomic E-state index is -0.255. The van der Waals surface area contributed by atoms with Crippen molar-refractivity contribution in [2.24, 2.45) is 0 Å². The van der Waals surface area contributed by atoms with Gasteiger partial charge < -0.3 is 20.3 Å². The van der Waals surface area contributed by atoms with Crippen molar-refractivity contribution in [2.75, 3.05) is 26.5 Å². The molecule has 3 rings (SSSR count). The highest BCUT2D eigenvalue weighted by Crippen LogP contribution is 2.24. The summed E-state index contributed by atoms with van der Waals surface area (Å²) in [6, 6.07) is 23.7. The summed E-state index contributed by atoms with van der Waals surface area (Å²) in [4.78, 5) is 14.5. The van der Waals surface area contributed by atoms with Crippen molar-refractivity contribution in [1.82, 2.24) is 10.2 Å². The fourth-order valence-electron chi connectivity index (χ4n) is 3.16. The van der Waals surface area contributed by atoms with Crippen molar-refractivity contribution >= 4 is 11.7 Å². The predicted molar refractivity (Wildman–Crippen MR) is 118 cm³/mol. The highest BCUT2D eigenvalue weighted by molar-refractivity contribution is 5.89. The Morgan fingerprint density at radius 1 is 0.966 bits per heavy atom. The Bertz CT molecular complexity index is 952. The van der Waals surface area contributed by atoms with Gasteiger partial charge in [0.05, 0.1) is 7.11 Å². The molecule has 2 N–H and O–H groups in total. The van der Waals surface area contributed by atoms with Gasteiger partial charge in [0.25, 0.3) is 0 Å². The van der Waals surface area contributed by atoms with Crippen LogP contribution in [-0.2, 0) is 13.1 Å². The average molecular weight is 389 g/mol. The molecule has 0 radical (unpaired) electrons. The normalized spacial score (nSPS) is 10.6. The molecule has 29 heavy (non-hydrogen) atoms. The van der Waals surface area contributed by atoms with Crippen LogP contribution in [0.25, 0.3) is 11.1 Å². The number of rotatable bonds is 7. The lowest BCUT2D eigenvalue weighted by Gasteiger charge is -2.13. The molecule has 5 nitrogen and oxygen atoms in total. The Morgan fingerprint density at radius 3 is 2.45 bits per heavy atom. The topological polar surface area (TPSA) is 53.6 Å². The fraction of sp³-hybridized carbons (Fsp3) is 0.208. The lowest BCUT2D eigenvalue weighted by Crippen LogP contribution is -2.28. The van der Waals surface area contributed by atoms with Crippen molar-refractivity contribution in [3.8, 4) is 16.9 Å². The molecule has 150 valence electrons. The molecule has 0 fully saturated rings. The molecule has 0 saturated heterocycles. The number of anilines is 1. The number of hydrogen-bond donors (Lipinski definition) is 2. The van der Waals surface area contributed by atoms with Crippen LogP contribution < -0.4 is 15.4 Å². The lowest BCUT2D eigenvalue weighted by molar-refractivity contribution is 0.252. The van der Waals surface area contributed by atoms with Gasteiger partial charge in [-0.3, -0.25) is 0 Å². The first kappa shape index (κ1) is 20.4. The van der Waals surface area contributed by atoms with E-state index in [-0.39, 0.29) is 6.03 Å². The van der Waals surface area contributed by atoms with E-state index in [0.29, 0.717) is 18.0 Å². The Labute approximate surface area is 172 Å². The zero-order chi connectivity index (χ0) is 20.6. The van der Waals surface area contributed by atoms with Crippen LogP contribution in [0, 0.1) is 0 Å². The van der Waals surface area contributed by atoms with Crippen LogP contribution >= 0.6 is 0 Å². The van der Waals surface area contributed by atoms with Gasteiger partial charge in [-0.1, -0.05) is 54.6 Å². The molecule has 5 heteroatoms. The molecule has 0 aromatic heterocycles. The number of nitrogens with zero attached hydrogens (tertiary/aromatic N) is 1. The minimum absolute atomic E-state index is 0.255. The number of carbonyl (C=O) groups excluding carboxylic acids is 1. The number of carbonyl (C=O) groups is 1. The smallest absolute Gasteiger partial charge is 0.319 e. The number of hydrogen-bond acceptors (Lipinski definition) is 3. The van der Waals surface area contributed by atoms with Crippen LogP contribution in [0.15, 0.2) is 72.8 Å². The second kappa shape index (κ2) is 9.75. The van der Waals surface area contributed by atoms with E-state index in [4.69, 9.17) is 4.74 Å². The second-order valence-electron chi connectivity index (χ2n) is 7.13. The van der Waals surface area contributed by atoms with Crippen molar-refractivity contribution in [3.63, 3.8) is 0 Å². The first-order chi connectivity index (χ1) is 14.0. The molecule has 3 aromatic rings. The van der Waals surface area contributed by atoms with E-state index in [1.54, 1.807) is 13.2 Å². The van der Waals surface area contributed by atoms with Crippen LogP contribution in [0.1, 0.15) is 11.1 Å². The molecule has 2 amide bonds. The predicted octanol–water partition coefficient (Wildman–Crippen LogP) is 4.75. The van der Waals surface area contributed by atoms with Gasteiger partial charge in [0.15, 0.2) is 0 Å². The highest BCUT2D eigenvalue weighted by atomic mass is 16.5. The van der Waals surface area contributed by atoms with E-state index in [1.807, 2.05) is 36.4 Å². The summed E-state index contributed by atoms with van der Waals surface area (Å²) in [6.07, 6.45) is 0. The van der Waals surface area contributed by atoms with E-state index < -0.39 is 0 Å². The monoisotopic (exact) mass is 389 g/mol. The summed E-state index contributed by atoms with van der Waals surface area (Å²) in [6.45, 7) is 1.35. The van der Waals surface area contributed by atoms with Crippen molar-refractivity contribution < 1.29 is 9.53 Å². The molecule has 0 aliphatic heterocycles. The molecule has 0 heterocycles. The molecule has 0 saturated carbocycles. The highest BCUT2D eigenvalue weighted by Gasteiger charge is 2.08. The molecule has 0 bridgehead atoms. The number of nitrogens with one attached hydrogen (secondary N) is 2. The number of benzene rings is 3. The third-order valence-corrected chi connectivity index (χ3v) is 4.55. The van der Waals surface area contributed by atoms with Crippen LogP contribution in [0.4, 0.5) is 10.5 Å². The van der Waals surface area contributed by atoms with Gasteiger partial charge in [-0.15, -0.1) is 0 Å². The summed E-state index contributed by atoms with van der Waals surface area (Å²) >= 11 is 0. The lowest BCUT2D eigenvalue weighted by atomic mass is 9.98. The quantitative estimate of drug-likeness (QED) is 0.613. The van der Waals surface area contributed by atoms with Crippen LogP contribution in [0.2, 0.25) is 0 Å². The molecular formula is C24H27N3O2. The molecule has 3 aromatic carbocycles. The summed E-state index contributed by atoms with van der Waals surface area (Å²) < 4.78 is 5.19. The van der Waals surface area contributed by atoms with Gasteiger partial charge in [0.1, 0.15) is 5.75 Å². The maximum atomic E-state index is 12.3. The summed E-state index contributed by atoms with van der Waals surface area (Å²) in [7, 11) is 5.72. The Kier molecular flexibility index (Phi) is 6.87. The first-order valence-corrected chi connectivity index (χ1v) is 9.56. The zero-order valence-electron chi connectivity index (χ0n) is 17.1. The number of ether oxygens (including phenoxy) is 1. The average Bonchev–Trinajstić information content (AvgIpc) is 2.73. The summed E-state index contributed by atoms with van der Waals surface area (Å²) in [5.41, 5.74) is 5.27. The van der Waals surface area contributed by atoms with Crippen molar-refractivity contribution in [1.29, 1.82) is 0 Å². The van der Waals surface area contributed by atoms with E-state index in [1.165, 1.54) is 5.56 Å². The van der Waals surface area contributed by atoms with Gasteiger partial charge in [-0.25, -0.2) is 4.79 Å². The zero-order valence-corrected chi connectivity index (χ0v) is 17.1. The number of methoxy groups -OCH3 is 1. The molecule has 0 aliphatic rings. The first-order valence-electron chi connectivity index (χ1n) is 9.56. The SMILES string of the molecule is COc1cccc(NC(=O)NCc2ccccc2-c2ccc(CN(C)C)cc2)c1. The largest absolute Gasteiger partial charge is 0.497 e. The van der Waals surface area contributed by atoms with Gasteiger partial charge in [0.2, 0.25) is 0 Å². The van der Waals surface area contributed by atoms with Crippen molar-refractivity contribution in [2.45, 2.75) is 13.1 Å². The molecule has 0 spiro atoms. The standard InChI is InChI=1S/C24H27N3O2/c1-27(2)17-18-11-13-19(14-12-18)23-10-5-4-7-20(23)16-25-24(28)26-21-8-6-9-22(15-21)29-3/h4-15H,16-17H2,1-3H3,(H2,25,26,28). The Hall–Kier alpha value is -3.31. The molecular weight excluding hydrogens is 362 g/mol. The Balaban J connectivity index is 1.66. The van der Waals surface area contributed by atoms with Gasteiger partial charge in [-0.05, 0) is 48.5 Å². The maximum Gasteiger partial charge on any atom is 0.319 e. The summed E-state index contributed by atoms with van der Waals surface area (Å²) in [5.74, 6) is 0.700. The number of amides is 2. The summed E-state index contributed by atoms with van der Waals surface area (Å²) in [5, 5.41) is 5.77. The van der Waals surface area contributed by atoms with Gasteiger partial charge >= 0.3 is 6.03 Å². The van der Waals surface area contributed by atoms with Gasteiger partial charge in [0, 0.05) is 24.8 Å². The Morgan fingerprint density at radius 2 is 1.72 bits per heavy atom. The third kappa shape index (κ3) is 5.83. The second-order valence-corrected chi connectivity index (χ2v) is 7.13. The van der Waals surface area contributed by atoms with Crippen LogP contribution in [-0.4, -0.2) is 32.1 Å². The molecule has 0 aliphatic carbocycles. The van der Waals surface area contributed by atoms with Crippen LogP contribution in [0.3, 0.4) is 0 Å².